The lowest BCUT2D eigenvalue weighted by molar-refractivity contribution is 0.307. The zero-order valence-electron chi connectivity index (χ0n) is 9.52. The van der Waals surface area contributed by atoms with Gasteiger partial charge < -0.3 is 15.6 Å². The van der Waals surface area contributed by atoms with Crippen LogP contribution in [0.5, 0.6) is 0 Å². The monoisotopic (exact) mass is 222 g/mol. The van der Waals surface area contributed by atoms with Crippen molar-refractivity contribution in [1.29, 1.82) is 0 Å². The fraction of sp³-hybridized carbons (Fsp3) is 0.636. The van der Waals surface area contributed by atoms with Crippen LogP contribution in [0.3, 0.4) is 0 Å². The SMILES string of the molecule is CC1CCN(c2cc(=O)[nH]cn2)CC1CN. The first kappa shape index (κ1) is 11.1. The Balaban J connectivity index is 2.14. The quantitative estimate of drug-likeness (QED) is 0.749. The van der Waals surface area contributed by atoms with Crippen molar-refractivity contribution >= 4 is 5.82 Å². The third kappa shape index (κ3) is 2.24. The molecule has 88 valence electrons. The molecule has 16 heavy (non-hydrogen) atoms. The maximum atomic E-state index is 11.2. The summed E-state index contributed by atoms with van der Waals surface area (Å²) in [6.45, 7) is 4.78. The minimum Gasteiger partial charge on any atom is -0.356 e. The van der Waals surface area contributed by atoms with Crippen LogP contribution in [0.2, 0.25) is 0 Å². The number of nitrogens with two attached hydrogens (primary N) is 1. The van der Waals surface area contributed by atoms with Crippen LogP contribution in [-0.4, -0.2) is 29.6 Å². The molecule has 0 radical (unpaired) electrons. The fourth-order valence-corrected chi connectivity index (χ4v) is 2.20. The molecule has 1 aliphatic heterocycles. The van der Waals surface area contributed by atoms with Gasteiger partial charge in [-0.05, 0) is 24.8 Å². The van der Waals surface area contributed by atoms with Crippen molar-refractivity contribution < 1.29 is 0 Å². The molecule has 0 spiro atoms. The third-order valence-electron chi connectivity index (χ3n) is 3.40. The van der Waals surface area contributed by atoms with E-state index in [1.807, 2.05) is 0 Å². The highest BCUT2D eigenvalue weighted by molar-refractivity contribution is 5.37. The minimum atomic E-state index is -0.104. The Morgan fingerprint density at radius 1 is 1.69 bits per heavy atom. The van der Waals surface area contributed by atoms with Crippen LogP contribution >= 0.6 is 0 Å². The highest BCUT2D eigenvalue weighted by Gasteiger charge is 2.25. The van der Waals surface area contributed by atoms with E-state index in [0.717, 1.165) is 25.3 Å². The number of aromatic nitrogens is 2. The van der Waals surface area contributed by atoms with E-state index in [1.165, 1.54) is 6.33 Å². The normalized spacial score (nSPS) is 25.8. The molecule has 1 fully saturated rings. The van der Waals surface area contributed by atoms with Crippen molar-refractivity contribution in [2.75, 3.05) is 24.5 Å². The van der Waals surface area contributed by atoms with E-state index in [1.54, 1.807) is 6.07 Å². The predicted molar refractivity (Wildman–Crippen MR) is 63.4 cm³/mol. The van der Waals surface area contributed by atoms with Crippen molar-refractivity contribution in [2.45, 2.75) is 13.3 Å². The maximum Gasteiger partial charge on any atom is 0.252 e. The summed E-state index contributed by atoms with van der Waals surface area (Å²) >= 11 is 0. The Kier molecular flexibility index (Phi) is 3.24. The molecule has 0 aromatic carbocycles. The summed E-state index contributed by atoms with van der Waals surface area (Å²) in [5, 5.41) is 0. The summed E-state index contributed by atoms with van der Waals surface area (Å²) in [5.74, 6) is 1.91. The molecular formula is C11H18N4O. The molecule has 1 saturated heterocycles. The zero-order valence-corrected chi connectivity index (χ0v) is 9.52. The molecule has 2 atom stereocenters. The summed E-state index contributed by atoms with van der Waals surface area (Å²) < 4.78 is 0. The number of nitrogens with zero attached hydrogens (tertiary/aromatic N) is 2. The molecule has 0 bridgehead atoms. The summed E-state index contributed by atoms with van der Waals surface area (Å²) in [6.07, 6.45) is 2.56. The Morgan fingerprint density at radius 3 is 3.19 bits per heavy atom. The van der Waals surface area contributed by atoms with E-state index in [9.17, 15) is 4.79 Å². The van der Waals surface area contributed by atoms with Gasteiger partial charge in [0.15, 0.2) is 0 Å². The summed E-state index contributed by atoms with van der Waals surface area (Å²) in [4.78, 5) is 20.1. The smallest absolute Gasteiger partial charge is 0.252 e. The second-order valence-electron chi connectivity index (χ2n) is 4.48. The third-order valence-corrected chi connectivity index (χ3v) is 3.40. The lowest BCUT2D eigenvalue weighted by atomic mass is 9.87. The molecule has 0 aliphatic carbocycles. The van der Waals surface area contributed by atoms with E-state index in [2.05, 4.69) is 21.8 Å². The van der Waals surface area contributed by atoms with Crippen LogP contribution < -0.4 is 16.2 Å². The van der Waals surface area contributed by atoms with Crippen molar-refractivity contribution in [3.63, 3.8) is 0 Å². The van der Waals surface area contributed by atoms with Crippen LogP contribution in [0, 0.1) is 11.8 Å². The van der Waals surface area contributed by atoms with E-state index < -0.39 is 0 Å². The first-order valence-electron chi connectivity index (χ1n) is 5.70. The lowest BCUT2D eigenvalue weighted by Crippen LogP contribution is -2.43. The predicted octanol–water partition coefficient (Wildman–Crippen LogP) is 0.191. The molecule has 2 rings (SSSR count). The van der Waals surface area contributed by atoms with Crippen LogP contribution in [0.25, 0.3) is 0 Å². The Labute approximate surface area is 94.7 Å². The molecule has 1 aromatic rings. The maximum absolute atomic E-state index is 11.2. The van der Waals surface area contributed by atoms with E-state index in [0.29, 0.717) is 18.4 Å². The van der Waals surface area contributed by atoms with Crippen LogP contribution in [0.1, 0.15) is 13.3 Å². The molecule has 3 N–H and O–H groups in total. The molecule has 0 saturated carbocycles. The van der Waals surface area contributed by atoms with Crippen LogP contribution in [0.4, 0.5) is 5.82 Å². The Morgan fingerprint density at radius 2 is 2.50 bits per heavy atom. The zero-order chi connectivity index (χ0) is 11.5. The summed E-state index contributed by atoms with van der Waals surface area (Å²) in [5.41, 5.74) is 5.65. The second kappa shape index (κ2) is 4.65. The molecule has 1 aliphatic rings. The topological polar surface area (TPSA) is 75.0 Å². The van der Waals surface area contributed by atoms with Gasteiger partial charge in [0.2, 0.25) is 0 Å². The average molecular weight is 222 g/mol. The molecule has 5 heteroatoms. The summed E-state index contributed by atoms with van der Waals surface area (Å²) in [7, 11) is 0. The van der Waals surface area contributed by atoms with Gasteiger partial charge >= 0.3 is 0 Å². The number of hydrogen-bond acceptors (Lipinski definition) is 4. The molecule has 2 unspecified atom stereocenters. The number of hydrogen-bond donors (Lipinski definition) is 2. The minimum absolute atomic E-state index is 0.104. The van der Waals surface area contributed by atoms with Crippen LogP contribution in [0.15, 0.2) is 17.2 Å². The average Bonchev–Trinajstić information content (AvgIpc) is 2.29. The standard InChI is InChI=1S/C11H18N4O/c1-8-2-3-15(6-9(8)5-12)10-4-11(16)14-7-13-10/h4,7-9H,2-3,5-6,12H2,1H3,(H,13,14,16). The Bertz CT molecular complexity index is 403. The van der Waals surface area contributed by atoms with E-state index in [4.69, 9.17) is 5.73 Å². The van der Waals surface area contributed by atoms with Crippen molar-refractivity contribution in [3.8, 4) is 0 Å². The van der Waals surface area contributed by atoms with Gasteiger partial charge in [-0.1, -0.05) is 6.92 Å². The first-order chi connectivity index (χ1) is 7.70. The highest BCUT2D eigenvalue weighted by Crippen LogP contribution is 2.24. The Hall–Kier alpha value is -1.36. The van der Waals surface area contributed by atoms with Crippen molar-refractivity contribution in [3.05, 3.63) is 22.7 Å². The van der Waals surface area contributed by atoms with Gasteiger partial charge in [0.25, 0.3) is 5.56 Å². The first-order valence-corrected chi connectivity index (χ1v) is 5.70. The van der Waals surface area contributed by atoms with E-state index in [-0.39, 0.29) is 5.56 Å². The number of H-pyrrole nitrogens is 1. The number of nitrogens with one attached hydrogen (secondary N) is 1. The lowest BCUT2D eigenvalue weighted by Gasteiger charge is -2.37. The number of rotatable bonds is 2. The fourth-order valence-electron chi connectivity index (χ4n) is 2.20. The van der Waals surface area contributed by atoms with Gasteiger partial charge in [-0.3, -0.25) is 4.79 Å². The van der Waals surface area contributed by atoms with E-state index >= 15 is 0 Å². The van der Waals surface area contributed by atoms with Crippen molar-refractivity contribution in [2.24, 2.45) is 17.6 Å². The number of anilines is 1. The van der Waals surface area contributed by atoms with Gasteiger partial charge in [0, 0.05) is 19.2 Å². The molecule has 1 aromatic heterocycles. The van der Waals surface area contributed by atoms with Crippen molar-refractivity contribution in [1.82, 2.24) is 9.97 Å². The van der Waals surface area contributed by atoms with Crippen LogP contribution in [-0.2, 0) is 0 Å². The van der Waals surface area contributed by atoms with Gasteiger partial charge in [-0.15, -0.1) is 0 Å². The molecule has 2 heterocycles. The van der Waals surface area contributed by atoms with Gasteiger partial charge in [-0.25, -0.2) is 4.98 Å². The summed E-state index contributed by atoms with van der Waals surface area (Å²) in [6, 6.07) is 1.55. The largest absolute Gasteiger partial charge is 0.356 e. The second-order valence-corrected chi connectivity index (χ2v) is 4.48. The van der Waals surface area contributed by atoms with Gasteiger partial charge in [-0.2, -0.15) is 0 Å². The van der Waals surface area contributed by atoms with Gasteiger partial charge in [0.1, 0.15) is 5.82 Å². The highest BCUT2D eigenvalue weighted by atomic mass is 16.1. The number of aromatic amines is 1. The molecule has 5 nitrogen and oxygen atoms in total. The molecule has 0 amide bonds. The van der Waals surface area contributed by atoms with Gasteiger partial charge in [0.05, 0.1) is 6.33 Å². The number of piperidine rings is 1. The molecular weight excluding hydrogens is 204 g/mol.